The van der Waals surface area contributed by atoms with Crippen molar-refractivity contribution in [2.75, 3.05) is 6.26 Å². The lowest BCUT2D eigenvalue weighted by molar-refractivity contribution is 0.480. The summed E-state index contributed by atoms with van der Waals surface area (Å²) in [7, 11) is -3.24. The van der Waals surface area contributed by atoms with Gasteiger partial charge in [-0.1, -0.05) is 6.07 Å². The number of nitrogens with one attached hydrogen (secondary N) is 1. The number of hydrogen-bond donors (Lipinski definition) is 1. The van der Waals surface area contributed by atoms with Crippen LogP contribution in [0.5, 0.6) is 11.5 Å². The quantitative estimate of drug-likeness (QED) is 0.498. The summed E-state index contributed by atoms with van der Waals surface area (Å²) in [5.74, 6) is 1.78. The molecule has 2 heterocycles. The van der Waals surface area contributed by atoms with Crippen LogP contribution in [0.3, 0.4) is 0 Å². The first-order valence-corrected chi connectivity index (χ1v) is 10.7. The molecular formula is C19H14BrN3O3S. The summed E-state index contributed by atoms with van der Waals surface area (Å²) in [5.41, 5.74) is 2.34. The van der Waals surface area contributed by atoms with Crippen LogP contribution in [0.15, 0.2) is 70.2 Å². The molecule has 0 amide bonds. The minimum absolute atomic E-state index is 0.247. The molecule has 1 N–H and O–H groups in total. The number of nitrogens with zero attached hydrogens (tertiary/aromatic N) is 2. The maximum Gasteiger partial charge on any atom is 0.175 e. The van der Waals surface area contributed by atoms with Crippen LogP contribution in [0.2, 0.25) is 0 Å². The summed E-state index contributed by atoms with van der Waals surface area (Å²) >= 11 is 3.50. The third-order valence-electron chi connectivity index (χ3n) is 3.92. The van der Waals surface area contributed by atoms with Crippen molar-refractivity contribution in [1.82, 2.24) is 15.0 Å². The van der Waals surface area contributed by atoms with E-state index in [9.17, 15) is 8.42 Å². The molecule has 4 rings (SSSR count). The van der Waals surface area contributed by atoms with Crippen molar-refractivity contribution < 1.29 is 13.2 Å². The number of pyridine rings is 1. The van der Waals surface area contributed by atoms with Crippen molar-refractivity contribution in [2.45, 2.75) is 4.90 Å². The molecule has 4 aromatic rings. The van der Waals surface area contributed by atoms with Gasteiger partial charge < -0.3 is 9.72 Å². The van der Waals surface area contributed by atoms with Gasteiger partial charge >= 0.3 is 0 Å². The zero-order chi connectivity index (χ0) is 19.0. The maximum atomic E-state index is 11.6. The highest BCUT2D eigenvalue weighted by Gasteiger charge is 2.12. The van der Waals surface area contributed by atoms with E-state index >= 15 is 0 Å². The predicted octanol–water partition coefficient (Wildman–Crippen LogP) is 4.58. The number of halogens is 1. The summed E-state index contributed by atoms with van der Waals surface area (Å²) in [6.45, 7) is 0. The van der Waals surface area contributed by atoms with Gasteiger partial charge in [0.05, 0.1) is 20.4 Å². The number of H-pyrrole nitrogens is 1. The predicted molar refractivity (Wildman–Crippen MR) is 107 cm³/mol. The van der Waals surface area contributed by atoms with Crippen molar-refractivity contribution >= 4 is 36.8 Å². The van der Waals surface area contributed by atoms with Crippen molar-refractivity contribution in [1.29, 1.82) is 0 Å². The van der Waals surface area contributed by atoms with Crippen LogP contribution in [0, 0.1) is 0 Å². The van der Waals surface area contributed by atoms with Crippen LogP contribution in [-0.4, -0.2) is 29.6 Å². The first kappa shape index (κ1) is 17.7. The molecule has 0 aliphatic carbocycles. The van der Waals surface area contributed by atoms with Crippen molar-refractivity contribution in [2.24, 2.45) is 0 Å². The second-order valence-electron chi connectivity index (χ2n) is 5.95. The van der Waals surface area contributed by atoms with Gasteiger partial charge in [0.1, 0.15) is 17.2 Å². The zero-order valence-corrected chi connectivity index (χ0v) is 16.6. The van der Waals surface area contributed by atoms with Crippen molar-refractivity contribution in [3.63, 3.8) is 0 Å². The topological polar surface area (TPSA) is 84.9 Å². The molecule has 0 bridgehead atoms. The van der Waals surface area contributed by atoms with Crippen molar-refractivity contribution in [3.05, 3.63) is 65.3 Å². The van der Waals surface area contributed by atoms with Gasteiger partial charge in [-0.05, 0) is 58.4 Å². The van der Waals surface area contributed by atoms with Gasteiger partial charge in [-0.2, -0.15) is 0 Å². The van der Waals surface area contributed by atoms with Gasteiger partial charge in [0, 0.05) is 18.5 Å². The third kappa shape index (κ3) is 3.72. The Balaban J connectivity index is 1.67. The molecule has 2 aromatic carbocycles. The molecule has 8 heteroatoms. The van der Waals surface area contributed by atoms with Gasteiger partial charge in [0.15, 0.2) is 15.7 Å². The van der Waals surface area contributed by atoms with Crippen molar-refractivity contribution in [3.8, 4) is 23.0 Å². The average Bonchev–Trinajstić information content (AvgIpc) is 3.05. The van der Waals surface area contributed by atoms with E-state index < -0.39 is 9.84 Å². The number of benzene rings is 2. The highest BCUT2D eigenvalue weighted by molar-refractivity contribution is 9.10. The van der Waals surface area contributed by atoms with E-state index in [2.05, 4.69) is 30.9 Å². The third-order valence-corrected chi connectivity index (χ3v) is 5.67. The summed E-state index contributed by atoms with van der Waals surface area (Å²) in [6.07, 6.45) is 2.89. The monoisotopic (exact) mass is 443 g/mol. The molecule has 0 aliphatic heterocycles. The summed E-state index contributed by atoms with van der Waals surface area (Å²) in [4.78, 5) is 12.4. The Bertz CT molecular complexity index is 1220. The molecule has 136 valence electrons. The lowest BCUT2D eigenvalue weighted by Gasteiger charge is -2.08. The number of fused-ring (bicyclic) bond motifs is 1. The van der Waals surface area contributed by atoms with E-state index in [1.807, 2.05) is 30.3 Å². The molecule has 27 heavy (non-hydrogen) atoms. The molecule has 0 spiro atoms. The normalized spacial score (nSPS) is 11.6. The van der Waals surface area contributed by atoms with Gasteiger partial charge in [-0.15, -0.1) is 0 Å². The fourth-order valence-corrected chi connectivity index (χ4v) is 3.65. The molecule has 0 radical (unpaired) electrons. The summed E-state index contributed by atoms with van der Waals surface area (Å²) in [5, 5.41) is 0. The number of sulfone groups is 1. The minimum Gasteiger partial charge on any atom is -0.456 e. The second kappa shape index (κ2) is 6.79. The molecule has 0 saturated heterocycles. The molecule has 0 atom stereocenters. The largest absolute Gasteiger partial charge is 0.456 e. The average molecular weight is 444 g/mol. The Kier molecular flexibility index (Phi) is 4.45. The van der Waals surface area contributed by atoms with E-state index in [0.717, 1.165) is 21.2 Å². The SMILES string of the molecule is CS(=O)(=O)c1ccc(Oc2cc3nc(-c4ccccn4)[nH]c3cc2Br)cc1. The number of imidazole rings is 1. The van der Waals surface area contributed by atoms with Gasteiger partial charge in [-0.25, -0.2) is 13.4 Å². The van der Waals surface area contributed by atoms with Crippen LogP contribution in [-0.2, 0) is 9.84 Å². The van der Waals surface area contributed by atoms with Crippen LogP contribution in [0.25, 0.3) is 22.6 Å². The van der Waals surface area contributed by atoms with Crippen LogP contribution < -0.4 is 4.74 Å². The fourth-order valence-electron chi connectivity index (χ4n) is 2.60. The van der Waals surface area contributed by atoms with Gasteiger partial charge in [0.25, 0.3) is 0 Å². The van der Waals surface area contributed by atoms with E-state index in [1.54, 1.807) is 18.3 Å². The molecule has 0 saturated carbocycles. The van der Waals surface area contributed by atoms with E-state index in [0.29, 0.717) is 17.3 Å². The summed E-state index contributed by atoms with van der Waals surface area (Å²) in [6, 6.07) is 15.6. The van der Waals surface area contributed by atoms with E-state index in [4.69, 9.17) is 4.74 Å². The lowest BCUT2D eigenvalue weighted by atomic mass is 10.3. The summed E-state index contributed by atoms with van der Waals surface area (Å²) < 4.78 is 29.8. The molecular weight excluding hydrogens is 430 g/mol. The van der Waals surface area contributed by atoms with Crippen LogP contribution in [0.1, 0.15) is 0 Å². The Hall–Kier alpha value is -2.71. The minimum atomic E-state index is -3.24. The highest BCUT2D eigenvalue weighted by Crippen LogP contribution is 2.34. The number of rotatable bonds is 4. The number of hydrogen-bond acceptors (Lipinski definition) is 5. The van der Waals surface area contributed by atoms with Crippen LogP contribution in [0.4, 0.5) is 0 Å². The Morgan fingerprint density at radius 2 is 1.85 bits per heavy atom. The molecule has 0 fully saturated rings. The van der Waals surface area contributed by atoms with E-state index in [1.165, 1.54) is 18.4 Å². The lowest BCUT2D eigenvalue weighted by Crippen LogP contribution is -1.96. The van der Waals surface area contributed by atoms with Gasteiger partial charge in [-0.3, -0.25) is 4.98 Å². The molecule has 6 nitrogen and oxygen atoms in total. The second-order valence-corrected chi connectivity index (χ2v) is 8.82. The van der Waals surface area contributed by atoms with Gasteiger partial charge in [0.2, 0.25) is 0 Å². The fraction of sp³-hybridized carbons (Fsp3) is 0.0526. The Labute approximate surface area is 164 Å². The first-order chi connectivity index (χ1) is 12.9. The Morgan fingerprint density at radius 1 is 1.07 bits per heavy atom. The maximum absolute atomic E-state index is 11.6. The van der Waals surface area contributed by atoms with Crippen LogP contribution >= 0.6 is 15.9 Å². The van der Waals surface area contributed by atoms with E-state index in [-0.39, 0.29) is 4.90 Å². The number of ether oxygens (including phenoxy) is 1. The molecule has 0 aliphatic rings. The standard InChI is InChI=1S/C19H14BrN3O3S/c1-27(24,25)13-7-5-12(6-8-13)26-18-11-17-16(10-14(18)20)22-19(23-17)15-4-2-3-9-21-15/h2-11H,1H3,(H,22,23). The number of aromatic amines is 1. The first-order valence-electron chi connectivity index (χ1n) is 7.99. The highest BCUT2D eigenvalue weighted by atomic mass is 79.9. The number of aromatic nitrogens is 3. The Morgan fingerprint density at radius 3 is 2.52 bits per heavy atom. The smallest absolute Gasteiger partial charge is 0.175 e. The molecule has 0 unspecified atom stereocenters. The zero-order valence-electron chi connectivity index (χ0n) is 14.2. The molecule has 2 aromatic heterocycles.